The SMILES string of the molecule is CCC1CCN(C(=O)C2CCCC(N)C2)CC1.Cl. The molecule has 1 saturated heterocycles. The normalized spacial score (nSPS) is 29.8. The summed E-state index contributed by atoms with van der Waals surface area (Å²) in [6.45, 7) is 4.20. The van der Waals surface area contributed by atoms with Gasteiger partial charge in [-0.05, 0) is 38.0 Å². The van der Waals surface area contributed by atoms with Crippen LogP contribution < -0.4 is 5.73 Å². The summed E-state index contributed by atoms with van der Waals surface area (Å²) in [6.07, 6.45) is 7.84. The summed E-state index contributed by atoms with van der Waals surface area (Å²) in [7, 11) is 0. The number of hydrogen-bond donors (Lipinski definition) is 1. The molecule has 1 saturated carbocycles. The van der Waals surface area contributed by atoms with Crippen molar-refractivity contribution in [3.05, 3.63) is 0 Å². The fraction of sp³-hybridized carbons (Fsp3) is 0.929. The predicted octanol–water partition coefficient (Wildman–Crippen LogP) is 2.57. The number of carbonyl (C=O) groups excluding carboxylic acids is 1. The van der Waals surface area contributed by atoms with Crippen molar-refractivity contribution >= 4 is 18.3 Å². The summed E-state index contributed by atoms with van der Waals surface area (Å²) in [4.78, 5) is 14.5. The second-order valence-corrected chi connectivity index (χ2v) is 5.80. The Hall–Kier alpha value is -0.280. The van der Waals surface area contributed by atoms with Gasteiger partial charge in [0.2, 0.25) is 5.91 Å². The zero-order valence-electron chi connectivity index (χ0n) is 11.4. The van der Waals surface area contributed by atoms with E-state index in [0.717, 1.165) is 44.7 Å². The molecule has 2 unspecified atom stereocenters. The van der Waals surface area contributed by atoms with E-state index >= 15 is 0 Å². The van der Waals surface area contributed by atoms with Gasteiger partial charge in [0.15, 0.2) is 0 Å². The molecule has 4 heteroatoms. The molecule has 1 heterocycles. The van der Waals surface area contributed by atoms with Gasteiger partial charge in [0.1, 0.15) is 0 Å². The van der Waals surface area contributed by atoms with E-state index in [1.807, 2.05) is 0 Å². The second kappa shape index (κ2) is 7.34. The Morgan fingerprint density at radius 2 is 1.89 bits per heavy atom. The monoisotopic (exact) mass is 274 g/mol. The van der Waals surface area contributed by atoms with E-state index in [0.29, 0.717) is 5.91 Å². The van der Waals surface area contributed by atoms with Crippen LogP contribution in [0.15, 0.2) is 0 Å². The van der Waals surface area contributed by atoms with Gasteiger partial charge >= 0.3 is 0 Å². The molecule has 3 nitrogen and oxygen atoms in total. The topological polar surface area (TPSA) is 46.3 Å². The number of halogens is 1. The second-order valence-electron chi connectivity index (χ2n) is 5.80. The van der Waals surface area contributed by atoms with Gasteiger partial charge in [-0.1, -0.05) is 19.8 Å². The Kier molecular flexibility index (Phi) is 6.44. The molecule has 2 fully saturated rings. The third-order valence-electron chi connectivity index (χ3n) is 4.57. The lowest BCUT2D eigenvalue weighted by molar-refractivity contribution is -0.138. The molecular weight excluding hydrogens is 248 g/mol. The first kappa shape index (κ1) is 15.8. The molecule has 1 aliphatic heterocycles. The summed E-state index contributed by atoms with van der Waals surface area (Å²) in [5.41, 5.74) is 5.97. The van der Waals surface area contributed by atoms with E-state index in [1.165, 1.54) is 19.3 Å². The van der Waals surface area contributed by atoms with Crippen molar-refractivity contribution in [1.82, 2.24) is 4.90 Å². The van der Waals surface area contributed by atoms with Gasteiger partial charge in [-0.15, -0.1) is 12.4 Å². The molecule has 0 aromatic heterocycles. The molecule has 0 spiro atoms. The van der Waals surface area contributed by atoms with Crippen LogP contribution >= 0.6 is 12.4 Å². The van der Waals surface area contributed by atoms with Crippen LogP contribution in [-0.4, -0.2) is 29.9 Å². The first-order valence-corrected chi connectivity index (χ1v) is 7.25. The number of likely N-dealkylation sites (tertiary alicyclic amines) is 1. The van der Waals surface area contributed by atoms with Gasteiger partial charge in [-0.25, -0.2) is 0 Å². The number of piperidine rings is 1. The molecule has 18 heavy (non-hydrogen) atoms. The fourth-order valence-corrected chi connectivity index (χ4v) is 3.27. The molecule has 2 atom stereocenters. The minimum atomic E-state index is 0. The largest absolute Gasteiger partial charge is 0.342 e. The Bertz CT molecular complexity index is 265. The molecule has 106 valence electrons. The van der Waals surface area contributed by atoms with Crippen LogP contribution in [0.25, 0.3) is 0 Å². The maximum absolute atomic E-state index is 12.4. The van der Waals surface area contributed by atoms with Crippen molar-refractivity contribution < 1.29 is 4.79 Å². The van der Waals surface area contributed by atoms with Crippen molar-refractivity contribution in [2.75, 3.05) is 13.1 Å². The minimum Gasteiger partial charge on any atom is -0.342 e. The van der Waals surface area contributed by atoms with E-state index in [2.05, 4.69) is 11.8 Å². The summed E-state index contributed by atoms with van der Waals surface area (Å²) in [5.74, 6) is 1.44. The first-order valence-electron chi connectivity index (χ1n) is 7.25. The highest BCUT2D eigenvalue weighted by atomic mass is 35.5. The van der Waals surface area contributed by atoms with Crippen LogP contribution in [-0.2, 0) is 4.79 Å². The van der Waals surface area contributed by atoms with Crippen molar-refractivity contribution in [3.8, 4) is 0 Å². The number of nitrogens with zero attached hydrogens (tertiary/aromatic N) is 1. The lowest BCUT2D eigenvalue weighted by Gasteiger charge is -2.36. The number of carbonyl (C=O) groups is 1. The highest BCUT2D eigenvalue weighted by Crippen LogP contribution is 2.27. The van der Waals surface area contributed by atoms with Gasteiger partial charge in [-0.3, -0.25) is 4.79 Å². The van der Waals surface area contributed by atoms with Gasteiger partial charge in [0, 0.05) is 25.0 Å². The zero-order valence-corrected chi connectivity index (χ0v) is 12.3. The van der Waals surface area contributed by atoms with E-state index in [9.17, 15) is 4.79 Å². The molecule has 2 aliphatic rings. The highest BCUT2D eigenvalue weighted by Gasteiger charge is 2.30. The Balaban J connectivity index is 0.00000162. The van der Waals surface area contributed by atoms with Crippen molar-refractivity contribution in [3.63, 3.8) is 0 Å². The first-order chi connectivity index (χ1) is 8.20. The zero-order chi connectivity index (χ0) is 12.3. The average Bonchev–Trinajstić information content (AvgIpc) is 2.38. The van der Waals surface area contributed by atoms with E-state index in [4.69, 9.17) is 5.73 Å². The summed E-state index contributed by atoms with van der Waals surface area (Å²) in [6, 6.07) is 0.255. The lowest BCUT2D eigenvalue weighted by Crippen LogP contribution is -2.44. The molecule has 2 rings (SSSR count). The Morgan fingerprint density at radius 1 is 1.22 bits per heavy atom. The fourth-order valence-electron chi connectivity index (χ4n) is 3.27. The van der Waals surface area contributed by atoms with Crippen molar-refractivity contribution in [1.29, 1.82) is 0 Å². The molecule has 0 radical (unpaired) electrons. The summed E-state index contributed by atoms with van der Waals surface area (Å²) < 4.78 is 0. The lowest BCUT2D eigenvalue weighted by atomic mass is 9.84. The van der Waals surface area contributed by atoms with Crippen molar-refractivity contribution in [2.24, 2.45) is 17.6 Å². The quantitative estimate of drug-likeness (QED) is 0.841. The van der Waals surface area contributed by atoms with Crippen LogP contribution in [0.3, 0.4) is 0 Å². The molecule has 0 aromatic rings. The molecule has 1 amide bonds. The van der Waals surface area contributed by atoms with Crippen LogP contribution in [0.5, 0.6) is 0 Å². The molecular formula is C14H27ClN2O. The smallest absolute Gasteiger partial charge is 0.225 e. The average molecular weight is 275 g/mol. The number of rotatable bonds is 2. The third kappa shape index (κ3) is 3.86. The van der Waals surface area contributed by atoms with Gasteiger partial charge < -0.3 is 10.6 Å². The number of amides is 1. The van der Waals surface area contributed by atoms with E-state index in [1.54, 1.807) is 0 Å². The van der Waals surface area contributed by atoms with E-state index in [-0.39, 0.29) is 24.4 Å². The predicted molar refractivity (Wildman–Crippen MR) is 76.8 cm³/mol. The molecule has 2 N–H and O–H groups in total. The highest BCUT2D eigenvalue weighted by molar-refractivity contribution is 5.85. The van der Waals surface area contributed by atoms with Crippen LogP contribution in [0, 0.1) is 11.8 Å². The van der Waals surface area contributed by atoms with Crippen LogP contribution in [0.2, 0.25) is 0 Å². The minimum absolute atomic E-state index is 0. The number of hydrogen-bond acceptors (Lipinski definition) is 2. The Labute approximate surface area is 117 Å². The summed E-state index contributed by atoms with van der Waals surface area (Å²) in [5, 5.41) is 0. The van der Waals surface area contributed by atoms with Gasteiger partial charge in [-0.2, -0.15) is 0 Å². The maximum atomic E-state index is 12.4. The number of nitrogens with two attached hydrogens (primary N) is 1. The maximum Gasteiger partial charge on any atom is 0.225 e. The summed E-state index contributed by atoms with van der Waals surface area (Å²) >= 11 is 0. The van der Waals surface area contributed by atoms with Gasteiger partial charge in [0.05, 0.1) is 0 Å². The van der Waals surface area contributed by atoms with Crippen LogP contribution in [0.1, 0.15) is 51.9 Å². The molecule has 1 aliphatic carbocycles. The standard InChI is InChI=1S/C14H26N2O.ClH/c1-2-11-6-8-16(9-7-11)14(17)12-4-3-5-13(15)10-12;/h11-13H,2-10,15H2,1H3;1H. The third-order valence-corrected chi connectivity index (χ3v) is 4.57. The molecule has 0 bridgehead atoms. The van der Waals surface area contributed by atoms with Crippen LogP contribution in [0.4, 0.5) is 0 Å². The van der Waals surface area contributed by atoms with E-state index < -0.39 is 0 Å². The van der Waals surface area contributed by atoms with Crippen molar-refractivity contribution in [2.45, 2.75) is 57.9 Å². The Morgan fingerprint density at radius 3 is 2.44 bits per heavy atom. The molecule has 0 aromatic carbocycles. The van der Waals surface area contributed by atoms with Gasteiger partial charge in [0.25, 0.3) is 0 Å².